The number of anilines is 2. The summed E-state index contributed by atoms with van der Waals surface area (Å²) in [5, 5.41) is 5.67. The van der Waals surface area contributed by atoms with Gasteiger partial charge in [0.1, 0.15) is 12.6 Å². The van der Waals surface area contributed by atoms with Gasteiger partial charge in [0.2, 0.25) is 5.91 Å². The van der Waals surface area contributed by atoms with Crippen LogP contribution in [0.5, 0.6) is 0 Å². The highest BCUT2D eigenvalue weighted by Crippen LogP contribution is 2.23. The number of hydrogen-bond acceptors (Lipinski definition) is 4. The third kappa shape index (κ3) is 3.89. The molecule has 2 N–H and O–H groups in total. The smallest absolute Gasteiger partial charge is 0.414 e. The van der Waals surface area contributed by atoms with Crippen molar-refractivity contribution < 1.29 is 19.1 Å². The lowest BCUT2D eigenvalue weighted by molar-refractivity contribution is -0.127. The maximum absolute atomic E-state index is 12.7. The van der Waals surface area contributed by atoms with E-state index < -0.39 is 6.04 Å². The van der Waals surface area contributed by atoms with Gasteiger partial charge in [-0.25, -0.2) is 9.59 Å². The number of carbonyl (C=O) groups excluding carboxylic acids is 3. The molecule has 2 saturated heterocycles. The molecular weight excluding hydrogens is 336 g/mol. The molecular formula is C18H24N4O4. The van der Waals surface area contributed by atoms with Crippen molar-refractivity contribution in [3.8, 4) is 0 Å². The number of rotatable bonds is 5. The molecule has 0 bridgehead atoms. The Labute approximate surface area is 152 Å². The van der Waals surface area contributed by atoms with Crippen LogP contribution in [0.2, 0.25) is 0 Å². The Morgan fingerprint density at radius 2 is 2.19 bits per heavy atom. The van der Waals surface area contributed by atoms with E-state index in [0.717, 1.165) is 12.8 Å². The topological polar surface area (TPSA) is 91.0 Å². The highest BCUT2D eigenvalue weighted by atomic mass is 16.6. The van der Waals surface area contributed by atoms with Crippen molar-refractivity contribution in [2.24, 2.45) is 0 Å². The van der Waals surface area contributed by atoms with E-state index in [0.29, 0.717) is 44.0 Å². The molecule has 3 rings (SSSR count). The van der Waals surface area contributed by atoms with Crippen LogP contribution in [-0.2, 0) is 9.53 Å². The molecule has 26 heavy (non-hydrogen) atoms. The molecule has 8 heteroatoms. The van der Waals surface area contributed by atoms with Crippen molar-refractivity contribution >= 4 is 29.4 Å². The number of unbranched alkanes of at least 4 members (excludes halogenated alkanes) is 1. The Balaban J connectivity index is 1.70. The summed E-state index contributed by atoms with van der Waals surface area (Å²) < 4.78 is 4.95. The predicted octanol–water partition coefficient (Wildman–Crippen LogP) is 2.17. The SMILES string of the molecule is CCCC[C@H]1C(=O)NCCN1C(=O)Nc1cccc(N2CCOC2=O)c1. The number of benzene rings is 1. The maximum Gasteiger partial charge on any atom is 0.414 e. The summed E-state index contributed by atoms with van der Waals surface area (Å²) >= 11 is 0. The number of ether oxygens (including phenoxy) is 1. The number of hydrogen-bond donors (Lipinski definition) is 2. The van der Waals surface area contributed by atoms with Gasteiger partial charge in [-0.05, 0) is 24.6 Å². The number of carbonyl (C=O) groups is 3. The first kappa shape index (κ1) is 18.0. The molecule has 0 saturated carbocycles. The number of cyclic esters (lactones) is 1. The van der Waals surface area contributed by atoms with Crippen molar-refractivity contribution in [1.82, 2.24) is 10.2 Å². The van der Waals surface area contributed by atoms with Crippen molar-refractivity contribution in [2.45, 2.75) is 32.2 Å². The second-order valence-electron chi connectivity index (χ2n) is 6.39. The summed E-state index contributed by atoms with van der Waals surface area (Å²) in [5.41, 5.74) is 1.25. The summed E-state index contributed by atoms with van der Waals surface area (Å²) in [4.78, 5) is 39.7. The van der Waals surface area contributed by atoms with E-state index in [1.165, 1.54) is 4.90 Å². The largest absolute Gasteiger partial charge is 0.447 e. The molecule has 140 valence electrons. The van der Waals surface area contributed by atoms with Gasteiger partial charge in [0, 0.05) is 24.5 Å². The van der Waals surface area contributed by atoms with Crippen LogP contribution >= 0.6 is 0 Å². The van der Waals surface area contributed by atoms with E-state index in [9.17, 15) is 14.4 Å². The number of nitrogens with one attached hydrogen (secondary N) is 2. The lowest BCUT2D eigenvalue weighted by atomic mass is 10.1. The molecule has 0 aliphatic carbocycles. The van der Waals surface area contributed by atoms with Crippen LogP contribution in [0.3, 0.4) is 0 Å². The van der Waals surface area contributed by atoms with Gasteiger partial charge < -0.3 is 20.3 Å². The number of nitrogens with zero attached hydrogens (tertiary/aromatic N) is 2. The number of urea groups is 1. The zero-order valence-electron chi connectivity index (χ0n) is 14.9. The van der Waals surface area contributed by atoms with E-state index >= 15 is 0 Å². The monoisotopic (exact) mass is 360 g/mol. The van der Waals surface area contributed by atoms with Gasteiger partial charge in [-0.2, -0.15) is 0 Å². The van der Waals surface area contributed by atoms with Gasteiger partial charge in [-0.1, -0.05) is 25.8 Å². The zero-order valence-corrected chi connectivity index (χ0v) is 14.9. The number of piperazine rings is 1. The Hall–Kier alpha value is -2.77. The Morgan fingerprint density at radius 3 is 2.92 bits per heavy atom. The quantitative estimate of drug-likeness (QED) is 0.842. The van der Waals surface area contributed by atoms with Crippen LogP contribution in [0.25, 0.3) is 0 Å². The molecule has 0 aromatic heterocycles. The van der Waals surface area contributed by atoms with Crippen molar-refractivity contribution in [1.29, 1.82) is 0 Å². The lowest BCUT2D eigenvalue weighted by Gasteiger charge is -2.35. The maximum atomic E-state index is 12.7. The first-order chi connectivity index (χ1) is 12.6. The third-order valence-corrected chi connectivity index (χ3v) is 4.59. The molecule has 8 nitrogen and oxygen atoms in total. The highest BCUT2D eigenvalue weighted by molar-refractivity contribution is 5.96. The van der Waals surface area contributed by atoms with Gasteiger partial charge in [0.25, 0.3) is 0 Å². The van der Waals surface area contributed by atoms with Gasteiger partial charge in [0.05, 0.1) is 6.54 Å². The standard InChI is InChI=1S/C18H24N4O4/c1-2-3-7-15-16(23)19-8-9-22(15)17(24)20-13-5-4-6-14(12-13)21-10-11-26-18(21)25/h4-6,12,15H,2-3,7-11H2,1H3,(H,19,23)(H,20,24)/t15-/m0/s1. The minimum Gasteiger partial charge on any atom is -0.447 e. The van der Waals surface area contributed by atoms with Gasteiger partial charge in [-0.15, -0.1) is 0 Å². The molecule has 0 unspecified atom stereocenters. The molecule has 0 spiro atoms. The van der Waals surface area contributed by atoms with E-state index in [1.54, 1.807) is 29.2 Å². The van der Waals surface area contributed by atoms with E-state index in [2.05, 4.69) is 17.6 Å². The Morgan fingerprint density at radius 1 is 1.35 bits per heavy atom. The second kappa shape index (κ2) is 8.07. The minimum atomic E-state index is -0.444. The molecule has 2 heterocycles. The first-order valence-electron chi connectivity index (χ1n) is 9.00. The fourth-order valence-corrected chi connectivity index (χ4v) is 3.22. The Bertz CT molecular complexity index is 694. The molecule has 2 fully saturated rings. The average molecular weight is 360 g/mol. The van der Waals surface area contributed by atoms with Crippen LogP contribution in [0.4, 0.5) is 21.0 Å². The van der Waals surface area contributed by atoms with E-state index in [-0.39, 0.29) is 18.0 Å². The first-order valence-corrected chi connectivity index (χ1v) is 9.00. The van der Waals surface area contributed by atoms with Crippen LogP contribution in [0.15, 0.2) is 24.3 Å². The zero-order chi connectivity index (χ0) is 18.5. The Kier molecular flexibility index (Phi) is 5.60. The van der Waals surface area contributed by atoms with E-state index in [4.69, 9.17) is 4.74 Å². The predicted molar refractivity (Wildman–Crippen MR) is 97.2 cm³/mol. The summed E-state index contributed by atoms with van der Waals surface area (Å²) in [7, 11) is 0. The highest BCUT2D eigenvalue weighted by Gasteiger charge is 2.32. The van der Waals surface area contributed by atoms with Gasteiger partial charge >= 0.3 is 12.1 Å². The summed E-state index contributed by atoms with van der Waals surface area (Å²) in [6.07, 6.45) is 2.11. The molecule has 4 amide bonds. The van der Waals surface area contributed by atoms with Gasteiger partial charge in [-0.3, -0.25) is 9.69 Å². The second-order valence-corrected chi connectivity index (χ2v) is 6.39. The fraction of sp³-hybridized carbons (Fsp3) is 0.500. The van der Waals surface area contributed by atoms with Crippen LogP contribution in [0.1, 0.15) is 26.2 Å². The normalized spacial score (nSPS) is 20.0. The van der Waals surface area contributed by atoms with Crippen LogP contribution in [0, 0.1) is 0 Å². The third-order valence-electron chi connectivity index (χ3n) is 4.59. The molecule has 1 atom stereocenters. The molecule has 1 aromatic rings. The van der Waals surface area contributed by atoms with Crippen molar-refractivity contribution in [2.75, 3.05) is 36.5 Å². The van der Waals surface area contributed by atoms with E-state index in [1.807, 2.05) is 0 Å². The molecule has 0 radical (unpaired) electrons. The summed E-state index contributed by atoms with van der Waals surface area (Å²) in [5.74, 6) is -0.103. The van der Waals surface area contributed by atoms with Crippen LogP contribution in [-0.4, -0.2) is 55.2 Å². The average Bonchev–Trinajstić information content (AvgIpc) is 3.06. The summed E-state index contributed by atoms with van der Waals surface area (Å²) in [6, 6.07) is 6.31. The summed E-state index contributed by atoms with van der Waals surface area (Å²) in [6.45, 7) is 3.83. The molecule has 1 aromatic carbocycles. The molecule has 2 aliphatic heterocycles. The van der Waals surface area contributed by atoms with Crippen molar-refractivity contribution in [3.63, 3.8) is 0 Å². The van der Waals surface area contributed by atoms with Crippen LogP contribution < -0.4 is 15.5 Å². The van der Waals surface area contributed by atoms with Crippen molar-refractivity contribution in [3.05, 3.63) is 24.3 Å². The van der Waals surface area contributed by atoms with Gasteiger partial charge in [0.15, 0.2) is 0 Å². The fourth-order valence-electron chi connectivity index (χ4n) is 3.22. The lowest BCUT2D eigenvalue weighted by Crippen LogP contribution is -2.58. The number of amides is 4. The molecule has 2 aliphatic rings. The minimum absolute atomic E-state index is 0.103.